The van der Waals surface area contributed by atoms with E-state index in [9.17, 15) is 0 Å². The second-order valence-corrected chi connectivity index (χ2v) is 3.44. The zero-order valence-electron chi connectivity index (χ0n) is 10.2. The van der Waals surface area contributed by atoms with Crippen LogP contribution in [0.5, 0.6) is 0 Å². The molecule has 0 amide bonds. The van der Waals surface area contributed by atoms with E-state index in [-0.39, 0.29) is 0 Å². The molecule has 2 aromatic carbocycles. The highest BCUT2D eigenvalue weighted by molar-refractivity contribution is 5.77. The molecule has 0 fully saturated rings. The smallest absolute Gasteiger partial charge is 0.100 e. The summed E-state index contributed by atoms with van der Waals surface area (Å²) >= 11 is 0. The molecule has 2 nitrogen and oxygen atoms in total. The van der Waals surface area contributed by atoms with Gasteiger partial charge >= 0.3 is 0 Å². The van der Waals surface area contributed by atoms with Gasteiger partial charge in [-0.3, -0.25) is 4.57 Å². The average molecular weight is 224 g/mol. The quantitative estimate of drug-likeness (QED) is 0.609. The predicted octanol–water partition coefficient (Wildman–Crippen LogP) is 4.05. The largest absolute Gasteiger partial charge is 0.299 e. The predicted molar refractivity (Wildman–Crippen MR) is 72.4 cm³/mol. The molecule has 1 aromatic heterocycles. The molecule has 0 aliphatic carbocycles. The lowest BCUT2D eigenvalue weighted by Gasteiger charge is -2.02. The Hall–Kier alpha value is -2.09. The van der Waals surface area contributed by atoms with Crippen molar-refractivity contribution < 1.29 is 0 Å². The van der Waals surface area contributed by atoms with Crippen LogP contribution in [0, 0.1) is 0 Å². The highest BCUT2D eigenvalue weighted by Crippen LogP contribution is 2.16. The van der Waals surface area contributed by atoms with Crippen molar-refractivity contribution in [2.45, 2.75) is 13.8 Å². The summed E-state index contributed by atoms with van der Waals surface area (Å²) in [5, 5.41) is 0. The molecule has 0 aliphatic rings. The number of hydrogen-bond donors (Lipinski definition) is 0. The maximum absolute atomic E-state index is 4.36. The molecule has 0 bridgehead atoms. The van der Waals surface area contributed by atoms with E-state index in [1.165, 1.54) is 0 Å². The van der Waals surface area contributed by atoms with E-state index >= 15 is 0 Å². The summed E-state index contributed by atoms with van der Waals surface area (Å²) in [6.45, 7) is 4.00. The van der Waals surface area contributed by atoms with Gasteiger partial charge in [0.2, 0.25) is 0 Å². The SMILES string of the molecule is CC.c1ccc(-n2cnc3ccccc32)cc1. The molecular weight excluding hydrogens is 208 g/mol. The summed E-state index contributed by atoms with van der Waals surface area (Å²) in [6.07, 6.45) is 1.86. The van der Waals surface area contributed by atoms with Crippen LogP contribution in [0.25, 0.3) is 16.7 Å². The third-order valence-electron chi connectivity index (χ3n) is 2.49. The summed E-state index contributed by atoms with van der Waals surface area (Å²) < 4.78 is 2.09. The third-order valence-corrected chi connectivity index (χ3v) is 2.49. The van der Waals surface area contributed by atoms with Gasteiger partial charge in [-0.1, -0.05) is 44.2 Å². The van der Waals surface area contributed by atoms with E-state index in [1.807, 2.05) is 56.6 Å². The maximum atomic E-state index is 4.36. The van der Waals surface area contributed by atoms with Crippen LogP contribution in [0.15, 0.2) is 60.9 Å². The molecule has 0 saturated carbocycles. The van der Waals surface area contributed by atoms with Crippen molar-refractivity contribution in [2.75, 3.05) is 0 Å². The van der Waals surface area contributed by atoms with Crippen molar-refractivity contribution in [3.8, 4) is 5.69 Å². The normalized spacial score (nSPS) is 9.76. The van der Waals surface area contributed by atoms with Crippen LogP contribution in [0.4, 0.5) is 0 Å². The minimum Gasteiger partial charge on any atom is -0.299 e. The van der Waals surface area contributed by atoms with Gasteiger partial charge in [-0.2, -0.15) is 0 Å². The average Bonchev–Trinajstić information content (AvgIpc) is 2.86. The molecule has 17 heavy (non-hydrogen) atoms. The summed E-state index contributed by atoms with van der Waals surface area (Å²) in [5.74, 6) is 0. The molecule has 0 unspecified atom stereocenters. The fourth-order valence-corrected chi connectivity index (χ4v) is 1.75. The summed E-state index contributed by atoms with van der Waals surface area (Å²) in [4.78, 5) is 4.36. The Bertz CT molecular complexity index is 582. The lowest BCUT2D eigenvalue weighted by Crippen LogP contribution is -1.90. The van der Waals surface area contributed by atoms with Crippen molar-refractivity contribution in [1.29, 1.82) is 0 Å². The Morgan fingerprint density at radius 2 is 1.47 bits per heavy atom. The minimum atomic E-state index is 1.03. The van der Waals surface area contributed by atoms with E-state index < -0.39 is 0 Å². The van der Waals surface area contributed by atoms with Crippen molar-refractivity contribution in [3.63, 3.8) is 0 Å². The zero-order chi connectivity index (χ0) is 12.1. The Labute approximate surface area is 102 Å². The van der Waals surface area contributed by atoms with E-state index in [1.54, 1.807) is 0 Å². The molecule has 3 rings (SSSR count). The number of aromatic nitrogens is 2. The second-order valence-electron chi connectivity index (χ2n) is 3.44. The first-order valence-corrected chi connectivity index (χ1v) is 5.93. The molecule has 0 spiro atoms. The Kier molecular flexibility index (Phi) is 3.55. The summed E-state index contributed by atoms with van der Waals surface area (Å²) in [5.41, 5.74) is 3.32. The topological polar surface area (TPSA) is 17.8 Å². The molecular formula is C15H16N2. The van der Waals surface area contributed by atoms with Crippen molar-refractivity contribution in [3.05, 3.63) is 60.9 Å². The Morgan fingerprint density at radius 3 is 2.24 bits per heavy atom. The molecule has 0 radical (unpaired) electrons. The molecule has 0 aliphatic heterocycles. The molecule has 3 aromatic rings. The molecule has 0 atom stereocenters. The summed E-state index contributed by atoms with van der Waals surface area (Å²) in [7, 11) is 0. The van der Waals surface area contributed by atoms with E-state index in [0.29, 0.717) is 0 Å². The van der Waals surface area contributed by atoms with Crippen LogP contribution >= 0.6 is 0 Å². The van der Waals surface area contributed by atoms with Gasteiger partial charge < -0.3 is 0 Å². The first-order valence-electron chi connectivity index (χ1n) is 5.93. The number of hydrogen-bond acceptors (Lipinski definition) is 1. The standard InChI is InChI=1S/C13H10N2.C2H6/c1-2-6-11(7-3-1)15-10-14-12-8-4-5-9-13(12)15;1-2/h1-10H;1-2H3. The lowest BCUT2D eigenvalue weighted by atomic mass is 10.3. The van der Waals surface area contributed by atoms with Crippen LogP contribution in [-0.4, -0.2) is 9.55 Å². The number of fused-ring (bicyclic) bond motifs is 1. The van der Waals surface area contributed by atoms with Gasteiger partial charge in [-0.15, -0.1) is 0 Å². The van der Waals surface area contributed by atoms with Crippen LogP contribution in [0.2, 0.25) is 0 Å². The van der Waals surface area contributed by atoms with Gasteiger partial charge in [0.1, 0.15) is 6.33 Å². The van der Waals surface area contributed by atoms with Crippen molar-refractivity contribution in [2.24, 2.45) is 0 Å². The van der Waals surface area contributed by atoms with E-state index in [4.69, 9.17) is 0 Å². The Morgan fingerprint density at radius 1 is 0.824 bits per heavy atom. The number of nitrogens with zero attached hydrogens (tertiary/aromatic N) is 2. The van der Waals surface area contributed by atoms with Crippen molar-refractivity contribution >= 4 is 11.0 Å². The third kappa shape index (κ3) is 2.21. The number of benzene rings is 2. The number of rotatable bonds is 1. The first-order chi connectivity index (χ1) is 8.45. The number of imidazole rings is 1. The van der Waals surface area contributed by atoms with Gasteiger partial charge in [0.15, 0.2) is 0 Å². The van der Waals surface area contributed by atoms with Gasteiger partial charge in [0.25, 0.3) is 0 Å². The Balaban J connectivity index is 0.000000514. The fraction of sp³-hybridized carbons (Fsp3) is 0.133. The van der Waals surface area contributed by atoms with Gasteiger partial charge in [-0.25, -0.2) is 4.98 Å². The van der Waals surface area contributed by atoms with Gasteiger partial charge in [0, 0.05) is 5.69 Å². The maximum Gasteiger partial charge on any atom is 0.100 e. The zero-order valence-corrected chi connectivity index (χ0v) is 10.2. The van der Waals surface area contributed by atoms with Crippen LogP contribution < -0.4 is 0 Å². The van der Waals surface area contributed by atoms with E-state index in [0.717, 1.165) is 16.7 Å². The molecule has 0 saturated heterocycles. The molecule has 2 heteroatoms. The summed E-state index contributed by atoms with van der Waals surface area (Å²) in [6, 6.07) is 18.4. The van der Waals surface area contributed by atoms with Crippen LogP contribution in [0.1, 0.15) is 13.8 Å². The van der Waals surface area contributed by atoms with Crippen molar-refractivity contribution in [1.82, 2.24) is 9.55 Å². The van der Waals surface area contributed by atoms with Gasteiger partial charge in [-0.05, 0) is 24.3 Å². The lowest BCUT2D eigenvalue weighted by molar-refractivity contribution is 1.09. The van der Waals surface area contributed by atoms with E-state index in [2.05, 4.69) is 27.8 Å². The first kappa shape index (κ1) is 11.4. The monoisotopic (exact) mass is 224 g/mol. The number of para-hydroxylation sites is 3. The fourth-order valence-electron chi connectivity index (χ4n) is 1.75. The van der Waals surface area contributed by atoms with Crippen LogP contribution in [-0.2, 0) is 0 Å². The van der Waals surface area contributed by atoms with Gasteiger partial charge in [0.05, 0.1) is 11.0 Å². The highest BCUT2D eigenvalue weighted by Gasteiger charge is 2.01. The highest BCUT2D eigenvalue weighted by atomic mass is 15.0. The second kappa shape index (κ2) is 5.30. The van der Waals surface area contributed by atoms with Crippen LogP contribution in [0.3, 0.4) is 0 Å². The molecule has 1 heterocycles. The molecule has 0 N–H and O–H groups in total. The molecule has 86 valence electrons. The minimum absolute atomic E-state index is 1.03.